The first kappa shape index (κ1) is 25.0. The van der Waals surface area contributed by atoms with Gasteiger partial charge in [0.05, 0.1) is 17.2 Å². The third kappa shape index (κ3) is 5.11. The van der Waals surface area contributed by atoms with E-state index in [0.29, 0.717) is 23.5 Å². The lowest BCUT2D eigenvalue weighted by Gasteiger charge is -2.27. The minimum absolute atomic E-state index is 0.00491. The van der Waals surface area contributed by atoms with Crippen LogP contribution in [0.1, 0.15) is 42.8 Å². The van der Waals surface area contributed by atoms with Gasteiger partial charge >= 0.3 is 5.97 Å². The first-order valence-corrected chi connectivity index (χ1v) is 11.1. The first-order valence-electron chi connectivity index (χ1n) is 10.7. The minimum atomic E-state index is -0.681. The number of imide groups is 1. The van der Waals surface area contributed by atoms with E-state index in [-0.39, 0.29) is 53.5 Å². The summed E-state index contributed by atoms with van der Waals surface area (Å²) >= 11 is 6.15. The van der Waals surface area contributed by atoms with E-state index in [4.69, 9.17) is 25.9 Å². The van der Waals surface area contributed by atoms with Crippen molar-refractivity contribution in [1.29, 1.82) is 5.26 Å². The van der Waals surface area contributed by atoms with Crippen LogP contribution in [0.5, 0.6) is 0 Å². The second-order valence-electron chi connectivity index (χ2n) is 7.54. The number of nitriles is 1. The summed E-state index contributed by atoms with van der Waals surface area (Å²) in [6, 6.07) is 9.99. The van der Waals surface area contributed by atoms with E-state index in [2.05, 4.69) is 0 Å². The second-order valence-corrected chi connectivity index (χ2v) is 7.95. The van der Waals surface area contributed by atoms with Gasteiger partial charge in [-0.15, -0.1) is 0 Å². The van der Waals surface area contributed by atoms with Crippen molar-refractivity contribution in [2.75, 3.05) is 19.8 Å². The number of hydrogen-bond donors (Lipinski definition) is 1. The Balaban J connectivity index is 1.96. The van der Waals surface area contributed by atoms with E-state index >= 15 is 0 Å². The molecule has 1 aliphatic rings. The summed E-state index contributed by atoms with van der Waals surface area (Å²) in [6.45, 7) is 3.49. The van der Waals surface area contributed by atoms with Crippen molar-refractivity contribution in [3.05, 3.63) is 63.4 Å². The Kier molecular flexibility index (Phi) is 8.05. The zero-order valence-electron chi connectivity index (χ0n) is 18.8. The van der Waals surface area contributed by atoms with Crippen molar-refractivity contribution >= 4 is 35.5 Å². The number of nitrogens with zero attached hydrogens (tertiary/aromatic N) is 2. The number of carbonyl (C=O) groups excluding carboxylic acids is 3. The first-order chi connectivity index (χ1) is 16.3. The van der Waals surface area contributed by atoms with Crippen molar-refractivity contribution in [1.82, 2.24) is 4.90 Å². The van der Waals surface area contributed by atoms with Crippen molar-refractivity contribution in [3.8, 4) is 17.4 Å². The summed E-state index contributed by atoms with van der Waals surface area (Å²) in [7, 11) is 0. The number of amides is 2. The predicted octanol–water partition coefficient (Wildman–Crippen LogP) is 4.14. The summed E-state index contributed by atoms with van der Waals surface area (Å²) in [5, 5.41) is 18.8. The summed E-state index contributed by atoms with van der Waals surface area (Å²) in [5.41, 5.74) is 1.06. The Hall–Kier alpha value is -3.67. The molecule has 1 aliphatic heterocycles. The molecule has 0 spiro atoms. The predicted molar refractivity (Wildman–Crippen MR) is 124 cm³/mol. The number of carbonyl (C=O) groups is 3. The second kappa shape index (κ2) is 11.0. The standard InChI is InChI=1S/C25H23ClN2O6/c1-3-11-33-25(32)19-12-16(5-7-21(19)26)22-8-6-17(34-22)13-18-15(2)20(14-27)24(31)28(23(18)30)9-4-10-29/h5-8,12-13,29H,3-4,9-11H2,1-2H3. The highest BCUT2D eigenvalue weighted by Crippen LogP contribution is 2.31. The van der Waals surface area contributed by atoms with Gasteiger partial charge in [0.1, 0.15) is 23.2 Å². The molecule has 0 unspecified atom stereocenters. The van der Waals surface area contributed by atoms with E-state index in [1.807, 2.05) is 13.0 Å². The van der Waals surface area contributed by atoms with Crippen molar-refractivity contribution in [3.63, 3.8) is 0 Å². The third-order valence-electron chi connectivity index (χ3n) is 5.19. The highest BCUT2D eigenvalue weighted by molar-refractivity contribution is 6.33. The molecule has 2 amide bonds. The van der Waals surface area contributed by atoms with Gasteiger partial charge in [-0.25, -0.2) is 4.79 Å². The molecule has 2 heterocycles. The number of esters is 1. The van der Waals surface area contributed by atoms with Crippen molar-refractivity contribution in [2.45, 2.75) is 26.7 Å². The summed E-state index contributed by atoms with van der Waals surface area (Å²) in [5.74, 6) is -1.05. The van der Waals surface area contributed by atoms with Gasteiger partial charge in [0.2, 0.25) is 0 Å². The summed E-state index contributed by atoms with van der Waals surface area (Å²) in [6.07, 6.45) is 2.35. The zero-order valence-corrected chi connectivity index (χ0v) is 19.5. The topological polar surface area (TPSA) is 121 Å². The van der Waals surface area contributed by atoms with Gasteiger partial charge < -0.3 is 14.3 Å². The maximum absolute atomic E-state index is 12.9. The fourth-order valence-electron chi connectivity index (χ4n) is 3.40. The fraction of sp³-hybridized carbons (Fsp3) is 0.280. The number of benzene rings is 1. The van der Waals surface area contributed by atoms with Crippen LogP contribution in [0.4, 0.5) is 0 Å². The SMILES string of the molecule is CCCOC(=O)c1cc(-c2ccc(C=C3C(=O)N(CCCO)C(=O)C(C#N)=C3C)o2)ccc1Cl. The summed E-state index contributed by atoms with van der Waals surface area (Å²) in [4.78, 5) is 38.7. The lowest BCUT2D eigenvalue weighted by atomic mass is 9.94. The van der Waals surface area contributed by atoms with Crippen molar-refractivity contribution < 1.29 is 28.6 Å². The van der Waals surface area contributed by atoms with Gasteiger partial charge in [0, 0.05) is 24.3 Å². The Morgan fingerprint density at radius 1 is 1.26 bits per heavy atom. The zero-order chi connectivity index (χ0) is 24.8. The Morgan fingerprint density at radius 2 is 2.03 bits per heavy atom. The summed E-state index contributed by atoms with van der Waals surface area (Å²) < 4.78 is 11.0. The average molecular weight is 483 g/mol. The monoisotopic (exact) mass is 482 g/mol. The molecular weight excluding hydrogens is 460 g/mol. The Morgan fingerprint density at radius 3 is 2.71 bits per heavy atom. The molecule has 1 aromatic heterocycles. The van der Waals surface area contributed by atoms with E-state index in [1.54, 1.807) is 30.3 Å². The smallest absolute Gasteiger partial charge is 0.339 e. The van der Waals surface area contributed by atoms with Crippen LogP contribution in [-0.4, -0.2) is 47.5 Å². The van der Waals surface area contributed by atoms with E-state index in [1.165, 1.54) is 13.0 Å². The van der Waals surface area contributed by atoms with Gasteiger partial charge in [0.15, 0.2) is 0 Å². The maximum atomic E-state index is 12.9. The molecule has 0 atom stereocenters. The van der Waals surface area contributed by atoms with Crippen LogP contribution >= 0.6 is 11.6 Å². The molecule has 0 bridgehead atoms. The fourth-order valence-corrected chi connectivity index (χ4v) is 3.59. The quantitative estimate of drug-likeness (QED) is 0.341. The molecule has 9 heteroatoms. The van der Waals surface area contributed by atoms with Crippen LogP contribution < -0.4 is 0 Å². The van der Waals surface area contributed by atoms with Crippen LogP contribution in [-0.2, 0) is 14.3 Å². The number of halogens is 1. The van der Waals surface area contributed by atoms with Crippen molar-refractivity contribution in [2.24, 2.45) is 0 Å². The number of aliphatic hydroxyl groups excluding tert-OH is 1. The highest BCUT2D eigenvalue weighted by atomic mass is 35.5. The number of aliphatic hydroxyl groups is 1. The molecule has 1 aromatic carbocycles. The lowest BCUT2D eigenvalue weighted by Crippen LogP contribution is -2.43. The lowest BCUT2D eigenvalue weighted by molar-refractivity contribution is -0.140. The molecular formula is C25H23ClN2O6. The van der Waals surface area contributed by atoms with Crippen LogP contribution in [0, 0.1) is 11.3 Å². The normalized spacial score (nSPS) is 15.1. The number of ether oxygens (including phenoxy) is 1. The van der Waals surface area contributed by atoms with Gasteiger partial charge in [0.25, 0.3) is 11.8 Å². The molecule has 8 nitrogen and oxygen atoms in total. The van der Waals surface area contributed by atoms with Crippen LogP contribution in [0.15, 0.2) is 51.5 Å². The number of hydrogen-bond acceptors (Lipinski definition) is 7. The average Bonchev–Trinajstić information content (AvgIpc) is 3.29. The number of furan rings is 1. The molecule has 0 aliphatic carbocycles. The van der Waals surface area contributed by atoms with Gasteiger partial charge in [-0.3, -0.25) is 14.5 Å². The maximum Gasteiger partial charge on any atom is 0.339 e. The number of rotatable bonds is 8. The van der Waals surface area contributed by atoms with E-state index in [9.17, 15) is 19.6 Å². The van der Waals surface area contributed by atoms with Gasteiger partial charge in [-0.2, -0.15) is 5.26 Å². The van der Waals surface area contributed by atoms with E-state index < -0.39 is 17.8 Å². The van der Waals surface area contributed by atoms with Gasteiger partial charge in [-0.05, 0) is 61.7 Å². The molecule has 0 saturated carbocycles. The van der Waals surface area contributed by atoms with Crippen LogP contribution in [0.2, 0.25) is 5.02 Å². The molecule has 0 fully saturated rings. The largest absolute Gasteiger partial charge is 0.462 e. The molecule has 3 rings (SSSR count). The van der Waals surface area contributed by atoms with E-state index in [0.717, 1.165) is 4.90 Å². The van der Waals surface area contributed by atoms with Crippen LogP contribution in [0.3, 0.4) is 0 Å². The molecule has 1 N–H and O–H groups in total. The van der Waals surface area contributed by atoms with Crippen LogP contribution in [0.25, 0.3) is 17.4 Å². The molecule has 34 heavy (non-hydrogen) atoms. The molecule has 0 radical (unpaired) electrons. The highest BCUT2D eigenvalue weighted by Gasteiger charge is 2.35. The Labute approximate surface area is 201 Å². The molecule has 176 valence electrons. The van der Waals surface area contributed by atoms with Gasteiger partial charge in [-0.1, -0.05) is 18.5 Å². The minimum Gasteiger partial charge on any atom is -0.462 e. The molecule has 0 saturated heterocycles. The Bertz CT molecular complexity index is 1230. The third-order valence-corrected chi connectivity index (χ3v) is 5.52. The molecule has 2 aromatic rings.